The molecular weight excluding hydrogens is 337 g/mol. The summed E-state index contributed by atoms with van der Waals surface area (Å²) in [6.45, 7) is 0. The Hall–Kier alpha value is -3.02. The van der Waals surface area contributed by atoms with Crippen molar-refractivity contribution < 1.29 is 23.5 Å². The Balaban J connectivity index is 1.63. The molecule has 0 atom stereocenters. The van der Waals surface area contributed by atoms with Gasteiger partial charge in [0.2, 0.25) is 0 Å². The van der Waals surface area contributed by atoms with Crippen LogP contribution in [0.15, 0.2) is 48.5 Å². The van der Waals surface area contributed by atoms with Gasteiger partial charge in [-0.1, -0.05) is 24.3 Å². The Labute approximate surface area is 149 Å². The molecule has 1 heterocycles. The van der Waals surface area contributed by atoms with Gasteiger partial charge in [-0.15, -0.1) is 0 Å². The zero-order valence-electron chi connectivity index (χ0n) is 14.1. The number of nitrogens with zero attached hydrogens (tertiary/aromatic N) is 1. The van der Waals surface area contributed by atoms with Crippen LogP contribution in [0.2, 0.25) is 0 Å². The lowest BCUT2D eigenvalue weighted by molar-refractivity contribution is -0.153. The molecule has 0 radical (unpaired) electrons. The summed E-state index contributed by atoms with van der Waals surface area (Å²) in [5.74, 6) is -1.52. The SMILES string of the molecule is COC(=O)C1(c2ccc(F)cc2)CC(N2C(=O)c3ccccc3C2=O)C1. The first-order valence-corrected chi connectivity index (χ1v) is 8.29. The van der Waals surface area contributed by atoms with Crippen molar-refractivity contribution >= 4 is 17.8 Å². The standard InChI is InChI=1S/C20H16FNO4/c1-26-19(25)20(12-6-8-13(21)9-7-12)10-14(11-20)22-17(23)15-4-2-3-5-16(15)18(22)24/h2-9,14H,10-11H2,1H3. The largest absolute Gasteiger partial charge is 0.468 e. The third-order valence-electron chi connectivity index (χ3n) is 5.33. The summed E-state index contributed by atoms with van der Waals surface area (Å²) >= 11 is 0. The van der Waals surface area contributed by atoms with Crippen LogP contribution in [0.5, 0.6) is 0 Å². The van der Waals surface area contributed by atoms with Crippen LogP contribution in [0.3, 0.4) is 0 Å². The van der Waals surface area contributed by atoms with Gasteiger partial charge in [-0.05, 0) is 42.7 Å². The van der Waals surface area contributed by atoms with Crippen molar-refractivity contribution in [2.45, 2.75) is 24.3 Å². The molecule has 2 aliphatic rings. The molecule has 132 valence electrons. The summed E-state index contributed by atoms with van der Waals surface area (Å²) in [6, 6.07) is 12.0. The number of fused-ring (bicyclic) bond motifs is 1. The maximum Gasteiger partial charge on any atom is 0.316 e. The van der Waals surface area contributed by atoms with Gasteiger partial charge < -0.3 is 4.74 Å². The molecule has 2 aromatic carbocycles. The molecule has 2 amide bonds. The molecule has 1 aliphatic heterocycles. The molecule has 0 spiro atoms. The number of imide groups is 1. The van der Waals surface area contributed by atoms with Crippen molar-refractivity contribution in [3.63, 3.8) is 0 Å². The topological polar surface area (TPSA) is 63.7 Å². The fraction of sp³-hybridized carbons (Fsp3) is 0.250. The van der Waals surface area contributed by atoms with Gasteiger partial charge in [0.15, 0.2) is 0 Å². The van der Waals surface area contributed by atoms with E-state index in [4.69, 9.17) is 4.74 Å². The Kier molecular flexibility index (Phi) is 3.64. The van der Waals surface area contributed by atoms with Crippen LogP contribution < -0.4 is 0 Å². The Morgan fingerprint density at radius 1 is 1.04 bits per heavy atom. The summed E-state index contributed by atoms with van der Waals surface area (Å²) in [7, 11) is 1.29. The van der Waals surface area contributed by atoms with E-state index in [2.05, 4.69) is 0 Å². The van der Waals surface area contributed by atoms with Gasteiger partial charge in [-0.3, -0.25) is 19.3 Å². The average molecular weight is 353 g/mol. The van der Waals surface area contributed by atoms with E-state index in [1.54, 1.807) is 36.4 Å². The van der Waals surface area contributed by atoms with Gasteiger partial charge in [-0.25, -0.2) is 4.39 Å². The summed E-state index contributed by atoms with van der Waals surface area (Å²) in [5, 5.41) is 0. The summed E-state index contributed by atoms with van der Waals surface area (Å²) < 4.78 is 18.2. The third-order valence-corrected chi connectivity index (χ3v) is 5.33. The number of rotatable bonds is 3. The number of carbonyl (C=O) groups excluding carboxylic acids is 3. The summed E-state index contributed by atoms with van der Waals surface area (Å²) in [6.07, 6.45) is 0.521. The minimum Gasteiger partial charge on any atom is -0.468 e. The van der Waals surface area contributed by atoms with E-state index in [0.717, 1.165) is 0 Å². The normalized spacial score (nSPS) is 24.2. The molecule has 0 saturated heterocycles. The predicted molar refractivity (Wildman–Crippen MR) is 90.1 cm³/mol. The quantitative estimate of drug-likeness (QED) is 0.629. The second kappa shape index (κ2) is 5.76. The summed E-state index contributed by atoms with van der Waals surface area (Å²) in [5.41, 5.74) is 0.422. The average Bonchev–Trinajstić information content (AvgIpc) is 2.87. The zero-order valence-corrected chi connectivity index (χ0v) is 14.1. The number of hydrogen-bond acceptors (Lipinski definition) is 4. The van der Waals surface area contributed by atoms with E-state index >= 15 is 0 Å². The molecule has 1 aliphatic carbocycles. The van der Waals surface area contributed by atoms with E-state index in [-0.39, 0.29) is 24.7 Å². The Morgan fingerprint density at radius 3 is 2.08 bits per heavy atom. The highest BCUT2D eigenvalue weighted by Gasteiger charge is 2.57. The lowest BCUT2D eigenvalue weighted by atomic mass is 9.61. The fourth-order valence-electron chi connectivity index (χ4n) is 3.95. The number of benzene rings is 2. The Morgan fingerprint density at radius 2 is 1.58 bits per heavy atom. The number of carbonyl (C=O) groups is 3. The molecule has 1 fully saturated rings. The minimum absolute atomic E-state index is 0.261. The molecule has 0 unspecified atom stereocenters. The van der Waals surface area contributed by atoms with Crippen molar-refractivity contribution in [1.29, 1.82) is 0 Å². The van der Waals surface area contributed by atoms with Crippen molar-refractivity contribution in [3.05, 3.63) is 71.0 Å². The van der Waals surface area contributed by atoms with Gasteiger partial charge in [0.25, 0.3) is 11.8 Å². The lowest BCUT2D eigenvalue weighted by Crippen LogP contribution is -2.58. The number of methoxy groups -OCH3 is 1. The molecule has 0 N–H and O–H groups in total. The number of ether oxygens (including phenoxy) is 1. The maximum absolute atomic E-state index is 13.2. The molecule has 0 aromatic heterocycles. The van der Waals surface area contributed by atoms with Gasteiger partial charge in [-0.2, -0.15) is 0 Å². The molecule has 1 saturated carbocycles. The monoisotopic (exact) mass is 353 g/mol. The fourth-order valence-corrected chi connectivity index (χ4v) is 3.95. The van der Waals surface area contributed by atoms with Crippen LogP contribution in [0, 0.1) is 5.82 Å². The molecule has 5 nitrogen and oxygen atoms in total. The third kappa shape index (κ3) is 2.18. The first-order chi connectivity index (χ1) is 12.5. The van der Waals surface area contributed by atoms with Crippen LogP contribution in [-0.4, -0.2) is 35.8 Å². The first kappa shape index (κ1) is 16.4. The molecule has 4 rings (SSSR count). The van der Waals surface area contributed by atoms with Crippen LogP contribution >= 0.6 is 0 Å². The van der Waals surface area contributed by atoms with Gasteiger partial charge in [0, 0.05) is 6.04 Å². The Bertz CT molecular complexity index is 881. The van der Waals surface area contributed by atoms with Gasteiger partial charge in [0.05, 0.1) is 23.7 Å². The molecule has 0 bridgehead atoms. The van der Waals surface area contributed by atoms with Crippen molar-refractivity contribution in [2.75, 3.05) is 7.11 Å². The van der Waals surface area contributed by atoms with E-state index in [1.165, 1.54) is 24.1 Å². The smallest absolute Gasteiger partial charge is 0.316 e. The maximum atomic E-state index is 13.2. The molecule has 2 aromatic rings. The van der Waals surface area contributed by atoms with Crippen molar-refractivity contribution in [1.82, 2.24) is 4.90 Å². The molecule has 6 heteroatoms. The number of amides is 2. The van der Waals surface area contributed by atoms with Crippen LogP contribution in [0.4, 0.5) is 4.39 Å². The second-order valence-corrected chi connectivity index (χ2v) is 6.67. The highest BCUT2D eigenvalue weighted by Crippen LogP contribution is 2.48. The van der Waals surface area contributed by atoms with E-state index < -0.39 is 23.2 Å². The van der Waals surface area contributed by atoms with E-state index in [9.17, 15) is 18.8 Å². The molecule has 26 heavy (non-hydrogen) atoms. The van der Waals surface area contributed by atoms with E-state index in [0.29, 0.717) is 16.7 Å². The van der Waals surface area contributed by atoms with Gasteiger partial charge in [0.1, 0.15) is 5.82 Å². The second-order valence-electron chi connectivity index (χ2n) is 6.67. The van der Waals surface area contributed by atoms with Crippen LogP contribution in [0.1, 0.15) is 39.1 Å². The molecular formula is C20H16FNO4. The van der Waals surface area contributed by atoms with Crippen LogP contribution in [-0.2, 0) is 14.9 Å². The first-order valence-electron chi connectivity index (χ1n) is 8.29. The zero-order chi connectivity index (χ0) is 18.5. The number of halogens is 1. The van der Waals surface area contributed by atoms with Crippen molar-refractivity contribution in [3.8, 4) is 0 Å². The van der Waals surface area contributed by atoms with Gasteiger partial charge >= 0.3 is 5.97 Å². The minimum atomic E-state index is -0.970. The predicted octanol–water partition coefficient (Wildman–Crippen LogP) is 2.70. The lowest BCUT2D eigenvalue weighted by Gasteiger charge is -2.48. The number of esters is 1. The highest BCUT2D eigenvalue weighted by atomic mass is 19.1. The van der Waals surface area contributed by atoms with Crippen LogP contribution in [0.25, 0.3) is 0 Å². The summed E-state index contributed by atoms with van der Waals surface area (Å²) in [4.78, 5) is 38.9. The van der Waals surface area contributed by atoms with Crippen molar-refractivity contribution in [2.24, 2.45) is 0 Å². The number of hydrogen-bond donors (Lipinski definition) is 0. The highest BCUT2D eigenvalue weighted by molar-refractivity contribution is 6.21. The van der Waals surface area contributed by atoms with E-state index in [1.807, 2.05) is 0 Å².